The molecule has 2 heterocycles. The number of nitrogens with zero attached hydrogens (tertiary/aromatic N) is 3. The molecule has 0 amide bonds. The van der Waals surface area contributed by atoms with Crippen molar-refractivity contribution < 1.29 is 9.53 Å². The van der Waals surface area contributed by atoms with Crippen molar-refractivity contribution in [3.8, 4) is 6.07 Å². The molecular formula is C21H29N3O2. The second-order valence-electron chi connectivity index (χ2n) is 7.80. The summed E-state index contributed by atoms with van der Waals surface area (Å²) in [4.78, 5) is 18.7. The van der Waals surface area contributed by atoms with E-state index in [1.165, 1.54) is 0 Å². The maximum Gasteiger partial charge on any atom is 0.306 e. The van der Waals surface area contributed by atoms with Gasteiger partial charge in [0.25, 0.3) is 0 Å². The second kappa shape index (κ2) is 8.18. The third kappa shape index (κ3) is 4.07. The van der Waals surface area contributed by atoms with Crippen LogP contribution in [0.4, 0.5) is 0 Å². The Morgan fingerprint density at radius 3 is 2.85 bits per heavy atom. The first kappa shape index (κ1) is 18.8. The highest BCUT2D eigenvalue weighted by molar-refractivity contribution is 5.69. The zero-order valence-corrected chi connectivity index (χ0v) is 15.9. The molecule has 26 heavy (non-hydrogen) atoms. The normalized spacial score (nSPS) is 29.3. The molecule has 1 saturated heterocycles. The van der Waals surface area contributed by atoms with E-state index in [2.05, 4.69) is 28.9 Å². The third-order valence-corrected chi connectivity index (χ3v) is 6.02. The van der Waals surface area contributed by atoms with Crippen LogP contribution in [-0.4, -0.2) is 41.6 Å². The van der Waals surface area contributed by atoms with Crippen molar-refractivity contribution in [1.29, 1.82) is 5.26 Å². The van der Waals surface area contributed by atoms with Crippen molar-refractivity contribution in [3.05, 3.63) is 29.6 Å². The van der Waals surface area contributed by atoms with Crippen LogP contribution in [0.15, 0.2) is 18.3 Å². The van der Waals surface area contributed by atoms with Crippen LogP contribution in [0.3, 0.4) is 0 Å². The average Bonchev–Trinajstić information content (AvgIpc) is 3.10. The van der Waals surface area contributed by atoms with Crippen molar-refractivity contribution in [1.82, 2.24) is 9.88 Å². The molecule has 5 heteroatoms. The summed E-state index contributed by atoms with van der Waals surface area (Å²) in [6.07, 6.45) is 7.19. The minimum atomic E-state index is -0.438. The Labute approximate surface area is 156 Å². The van der Waals surface area contributed by atoms with E-state index >= 15 is 0 Å². The number of hydrogen-bond donors (Lipinski definition) is 0. The summed E-state index contributed by atoms with van der Waals surface area (Å²) < 4.78 is 5.08. The third-order valence-electron chi connectivity index (χ3n) is 6.02. The van der Waals surface area contributed by atoms with E-state index in [0.717, 1.165) is 56.5 Å². The van der Waals surface area contributed by atoms with Crippen LogP contribution >= 0.6 is 0 Å². The minimum absolute atomic E-state index is 0.0722. The van der Waals surface area contributed by atoms with E-state index in [-0.39, 0.29) is 5.97 Å². The molecule has 5 nitrogen and oxygen atoms in total. The highest BCUT2D eigenvalue weighted by Crippen LogP contribution is 2.40. The Morgan fingerprint density at radius 1 is 1.42 bits per heavy atom. The molecule has 1 aliphatic carbocycles. The number of carbonyl (C=O) groups is 1. The number of likely N-dealkylation sites (tertiary alicyclic amines) is 1. The lowest BCUT2D eigenvalue weighted by atomic mass is 9.70. The van der Waals surface area contributed by atoms with E-state index in [1.54, 1.807) is 0 Å². The van der Waals surface area contributed by atoms with Gasteiger partial charge < -0.3 is 9.64 Å². The van der Waals surface area contributed by atoms with E-state index in [1.807, 2.05) is 19.2 Å². The largest absolute Gasteiger partial charge is 0.466 e. The Balaban J connectivity index is 1.57. The van der Waals surface area contributed by atoms with Gasteiger partial charge in [0.2, 0.25) is 0 Å². The topological polar surface area (TPSA) is 66.2 Å². The van der Waals surface area contributed by atoms with Crippen molar-refractivity contribution in [2.75, 3.05) is 19.7 Å². The minimum Gasteiger partial charge on any atom is -0.466 e. The molecule has 0 N–H and O–H groups in total. The number of esters is 1. The zero-order chi connectivity index (χ0) is 18.6. The maximum atomic E-state index is 11.7. The number of rotatable bonds is 5. The highest BCUT2D eigenvalue weighted by Gasteiger charge is 2.41. The number of pyridine rings is 1. The summed E-state index contributed by atoms with van der Waals surface area (Å²) in [6.45, 7) is 6.39. The predicted octanol–water partition coefficient (Wildman–Crippen LogP) is 3.37. The Morgan fingerprint density at radius 2 is 2.19 bits per heavy atom. The first-order valence-corrected chi connectivity index (χ1v) is 9.80. The zero-order valence-electron chi connectivity index (χ0n) is 15.9. The van der Waals surface area contributed by atoms with Crippen LogP contribution in [0.25, 0.3) is 0 Å². The second-order valence-corrected chi connectivity index (χ2v) is 7.80. The first-order valence-electron chi connectivity index (χ1n) is 9.80. The summed E-state index contributed by atoms with van der Waals surface area (Å²) in [5, 5.41) is 9.87. The molecule has 1 aromatic rings. The fourth-order valence-electron chi connectivity index (χ4n) is 4.50. The van der Waals surface area contributed by atoms with E-state index < -0.39 is 5.41 Å². The molecule has 3 rings (SSSR count). The van der Waals surface area contributed by atoms with Gasteiger partial charge in [-0.3, -0.25) is 9.78 Å². The maximum absolute atomic E-state index is 11.7. The summed E-state index contributed by atoms with van der Waals surface area (Å²) in [6, 6.07) is 7.15. The molecular weight excluding hydrogens is 326 g/mol. The van der Waals surface area contributed by atoms with Gasteiger partial charge in [-0.25, -0.2) is 0 Å². The average molecular weight is 355 g/mol. The molecule has 1 atom stereocenters. The molecule has 1 aliphatic heterocycles. The van der Waals surface area contributed by atoms with Crippen molar-refractivity contribution >= 4 is 5.97 Å². The van der Waals surface area contributed by atoms with Crippen molar-refractivity contribution in [3.63, 3.8) is 0 Å². The van der Waals surface area contributed by atoms with Crippen molar-refractivity contribution in [2.24, 2.45) is 5.92 Å². The van der Waals surface area contributed by atoms with Crippen LogP contribution in [0.1, 0.15) is 56.7 Å². The Hall–Kier alpha value is -1.93. The molecule has 1 aromatic heterocycles. The van der Waals surface area contributed by atoms with Crippen LogP contribution in [-0.2, 0) is 14.9 Å². The van der Waals surface area contributed by atoms with Gasteiger partial charge >= 0.3 is 5.97 Å². The SMILES string of the molecule is CCOC(=O)C[C@H]1CCN(C2CCC(C#N)(c3cc(C)ccn3)CC2)C1. The quantitative estimate of drug-likeness (QED) is 0.758. The van der Waals surface area contributed by atoms with Gasteiger partial charge in [0.15, 0.2) is 0 Å². The van der Waals surface area contributed by atoms with Gasteiger partial charge in [0.05, 0.1) is 23.8 Å². The van der Waals surface area contributed by atoms with Gasteiger partial charge in [-0.2, -0.15) is 5.26 Å². The lowest BCUT2D eigenvalue weighted by Gasteiger charge is -2.38. The lowest BCUT2D eigenvalue weighted by molar-refractivity contribution is -0.144. The summed E-state index contributed by atoms with van der Waals surface area (Å²) >= 11 is 0. The van der Waals surface area contributed by atoms with Crippen LogP contribution < -0.4 is 0 Å². The monoisotopic (exact) mass is 355 g/mol. The summed E-state index contributed by atoms with van der Waals surface area (Å²) in [7, 11) is 0. The molecule has 140 valence electrons. The molecule has 0 aromatic carbocycles. The fourth-order valence-corrected chi connectivity index (χ4v) is 4.50. The lowest BCUT2D eigenvalue weighted by Crippen LogP contribution is -2.41. The van der Waals surface area contributed by atoms with Gasteiger partial charge in [0.1, 0.15) is 0 Å². The van der Waals surface area contributed by atoms with Gasteiger partial charge in [-0.05, 0) is 76.1 Å². The van der Waals surface area contributed by atoms with E-state index in [9.17, 15) is 10.1 Å². The summed E-state index contributed by atoms with van der Waals surface area (Å²) in [5.41, 5.74) is 1.65. The predicted molar refractivity (Wildman–Crippen MR) is 99.5 cm³/mol. The Bertz CT molecular complexity index is 674. The Kier molecular flexibility index (Phi) is 5.93. The van der Waals surface area contributed by atoms with Gasteiger partial charge in [0, 0.05) is 25.2 Å². The molecule has 0 unspecified atom stereocenters. The van der Waals surface area contributed by atoms with Gasteiger partial charge in [-0.15, -0.1) is 0 Å². The van der Waals surface area contributed by atoms with Gasteiger partial charge in [-0.1, -0.05) is 0 Å². The molecule has 0 radical (unpaired) electrons. The number of carbonyl (C=O) groups excluding carboxylic acids is 1. The molecule has 2 aliphatic rings. The van der Waals surface area contributed by atoms with E-state index in [0.29, 0.717) is 25.0 Å². The highest BCUT2D eigenvalue weighted by atomic mass is 16.5. The smallest absolute Gasteiger partial charge is 0.306 e. The summed E-state index contributed by atoms with van der Waals surface area (Å²) in [5.74, 6) is 0.340. The number of ether oxygens (including phenoxy) is 1. The number of nitriles is 1. The molecule has 2 fully saturated rings. The van der Waals surface area contributed by atoms with Crippen LogP contribution in [0.5, 0.6) is 0 Å². The van der Waals surface area contributed by atoms with E-state index in [4.69, 9.17) is 4.74 Å². The molecule has 0 bridgehead atoms. The number of aryl methyl sites for hydroxylation is 1. The fraction of sp³-hybridized carbons (Fsp3) is 0.667. The number of aromatic nitrogens is 1. The standard InChI is InChI=1S/C21H29N3O2/c1-3-26-20(25)13-17-7-11-24(14-17)18-4-8-21(15-22,9-5-18)19-12-16(2)6-10-23-19/h6,10,12,17-18H,3-5,7-9,11,13-14H2,1-2H3/t17-,18?,21?/m1/s1. The molecule has 1 saturated carbocycles. The molecule has 0 spiro atoms. The number of hydrogen-bond acceptors (Lipinski definition) is 5. The first-order chi connectivity index (χ1) is 12.6. The van der Waals surface area contributed by atoms with Crippen LogP contribution in [0, 0.1) is 24.2 Å². The van der Waals surface area contributed by atoms with Crippen LogP contribution in [0.2, 0.25) is 0 Å². The van der Waals surface area contributed by atoms with Crippen molar-refractivity contribution in [2.45, 2.75) is 63.8 Å².